The molecule has 0 radical (unpaired) electrons. The monoisotopic (exact) mass is 822 g/mol. The van der Waals surface area contributed by atoms with E-state index in [4.69, 9.17) is 19.4 Å². The highest BCUT2D eigenvalue weighted by molar-refractivity contribution is 5.91. The van der Waals surface area contributed by atoms with Gasteiger partial charge in [-0.3, -0.25) is 9.59 Å². The summed E-state index contributed by atoms with van der Waals surface area (Å²) in [4.78, 5) is 69.9. The molecule has 2 aliphatic heterocycles. The van der Waals surface area contributed by atoms with Crippen LogP contribution in [0.4, 0.5) is 9.59 Å². The summed E-state index contributed by atoms with van der Waals surface area (Å²) in [7, 11) is 2.64. The van der Waals surface area contributed by atoms with Gasteiger partial charge >= 0.3 is 12.2 Å². The Bertz CT molecular complexity index is 2620. The lowest BCUT2D eigenvalue weighted by atomic mass is 9.79. The van der Waals surface area contributed by atoms with Crippen molar-refractivity contribution in [1.82, 2.24) is 40.0 Å². The minimum atomic E-state index is -0.688. The van der Waals surface area contributed by atoms with Crippen molar-refractivity contribution in [3.63, 3.8) is 0 Å². The number of nitrogens with zero attached hydrogens (tertiary/aromatic N) is 4. The number of amides is 3. The van der Waals surface area contributed by atoms with E-state index in [1.165, 1.54) is 19.8 Å². The number of alkyl carbamates (subject to hydrolysis) is 2. The number of aryl methyl sites for hydroxylation is 1. The maximum Gasteiger partial charge on any atom is 0.407 e. The first-order valence-electron chi connectivity index (χ1n) is 21.0. The zero-order valence-corrected chi connectivity index (χ0v) is 34.7. The molecule has 14 nitrogen and oxygen atoms in total. The molecule has 314 valence electrons. The summed E-state index contributed by atoms with van der Waals surface area (Å²) in [6.07, 6.45) is 8.02. The maximum atomic E-state index is 13.8. The van der Waals surface area contributed by atoms with Gasteiger partial charge in [0.15, 0.2) is 0 Å². The summed E-state index contributed by atoms with van der Waals surface area (Å²) in [6, 6.07) is 22.1. The predicted octanol–water partition coefficient (Wildman–Crippen LogP) is 7.64. The zero-order chi connectivity index (χ0) is 42.4. The largest absolute Gasteiger partial charge is 0.453 e. The van der Waals surface area contributed by atoms with Crippen molar-refractivity contribution >= 4 is 34.6 Å². The van der Waals surface area contributed by atoms with Crippen molar-refractivity contribution in [2.75, 3.05) is 20.8 Å². The Labute approximate surface area is 353 Å². The predicted molar refractivity (Wildman–Crippen MR) is 230 cm³/mol. The Balaban J connectivity index is 0.877. The van der Waals surface area contributed by atoms with Crippen molar-refractivity contribution < 1.29 is 28.7 Å². The molecule has 5 heterocycles. The number of Topliss-reactive ketones (excluding diaryl/α,β-unsaturated/α-hetero) is 1. The van der Waals surface area contributed by atoms with Crippen molar-refractivity contribution in [2.24, 2.45) is 5.92 Å². The van der Waals surface area contributed by atoms with Crippen LogP contribution in [-0.4, -0.2) is 86.1 Å². The van der Waals surface area contributed by atoms with Gasteiger partial charge < -0.3 is 39.5 Å². The number of rotatable bonds is 9. The number of nitrogens with one attached hydrogen (secondary N) is 4. The van der Waals surface area contributed by atoms with Gasteiger partial charge in [-0.05, 0) is 82.8 Å². The first kappa shape index (κ1) is 39.7. The molecular weight excluding hydrogens is 773 g/mol. The first-order valence-corrected chi connectivity index (χ1v) is 21.0. The van der Waals surface area contributed by atoms with E-state index in [9.17, 15) is 19.2 Å². The second-order valence-electron chi connectivity index (χ2n) is 16.8. The molecule has 61 heavy (non-hydrogen) atoms. The number of ketones is 1. The van der Waals surface area contributed by atoms with Crippen LogP contribution in [0, 0.1) is 5.92 Å². The van der Waals surface area contributed by atoms with Gasteiger partial charge in [0.25, 0.3) is 0 Å². The van der Waals surface area contributed by atoms with E-state index in [0.717, 1.165) is 81.0 Å². The fraction of sp³-hybridized carbons (Fsp3) is 0.362. The van der Waals surface area contributed by atoms with Crippen LogP contribution in [0.2, 0.25) is 0 Å². The third-order valence-electron chi connectivity index (χ3n) is 12.7. The number of carbonyl (C=O) groups is 4. The number of carbonyl (C=O) groups excluding carboxylic acids is 4. The number of aromatic amines is 2. The van der Waals surface area contributed by atoms with Crippen LogP contribution in [0.3, 0.4) is 0 Å². The fourth-order valence-electron chi connectivity index (χ4n) is 9.52. The van der Waals surface area contributed by atoms with Gasteiger partial charge in [0, 0.05) is 48.9 Å². The van der Waals surface area contributed by atoms with Gasteiger partial charge in [-0.25, -0.2) is 19.6 Å². The minimum absolute atomic E-state index is 0.100. The second-order valence-corrected chi connectivity index (χ2v) is 16.8. The smallest absolute Gasteiger partial charge is 0.407 e. The Kier molecular flexibility index (Phi) is 10.7. The minimum Gasteiger partial charge on any atom is -0.453 e. The molecule has 3 aromatic heterocycles. The van der Waals surface area contributed by atoms with Gasteiger partial charge in [0.05, 0.1) is 50.0 Å². The molecule has 1 unspecified atom stereocenters. The second kappa shape index (κ2) is 16.4. The first-order chi connectivity index (χ1) is 29.6. The molecule has 0 bridgehead atoms. The van der Waals surface area contributed by atoms with Gasteiger partial charge in [-0.15, -0.1) is 0 Å². The standard InChI is InChI=1S/C47H50N8O6/c1-26(2)41(53-47(59)61-4)45(57)55-18-5-6-38(55)44-49-24-37(51-44)33-14-13-31-20-30(11-12-32(31)21-33)27-7-9-28(10-8-27)36-23-48-43(50-36)34-22-39(56)40-35(52-46(58)60-3)16-15-29-17-19-54(25-34)42(29)40/h7-14,17,19-21,23-24,26,34-35,38,40-41H,5-6,15-16,18,22,25H2,1-4H3,(H,48,50)(H,49,51)(H,52,58)(H,53,59)/t34-,35-,38-,40?,41-/m0/s1. The van der Waals surface area contributed by atoms with Crippen molar-refractivity contribution in [3.05, 3.63) is 108 Å². The van der Waals surface area contributed by atoms with Crippen LogP contribution in [0.25, 0.3) is 44.4 Å². The Morgan fingerprint density at radius 2 is 1.46 bits per heavy atom. The lowest BCUT2D eigenvalue weighted by molar-refractivity contribution is -0.135. The molecule has 3 aliphatic rings. The lowest BCUT2D eigenvalue weighted by Crippen LogP contribution is -2.51. The number of H-pyrrole nitrogens is 2. The molecule has 9 rings (SSSR count). The van der Waals surface area contributed by atoms with Crippen LogP contribution in [0.15, 0.2) is 85.3 Å². The van der Waals surface area contributed by atoms with Crippen LogP contribution in [-0.2, 0) is 32.0 Å². The highest BCUT2D eigenvalue weighted by atomic mass is 16.5. The zero-order valence-electron chi connectivity index (χ0n) is 34.7. The van der Waals surface area contributed by atoms with Gasteiger partial charge in [0.2, 0.25) is 5.91 Å². The Morgan fingerprint density at radius 1 is 0.803 bits per heavy atom. The van der Waals surface area contributed by atoms with E-state index >= 15 is 0 Å². The van der Waals surface area contributed by atoms with Crippen LogP contribution in [0.1, 0.15) is 80.3 Å². The quantitative estimate of drug-likeness (QED) is 0.115. The molecule has 0 saturated carbocycles. The van der Waals surface area contributed by atoms with E-state index in [1.807, 2.05) is 31.1 Å². The summed E-state index contributed by atoms with van der Waals surface area (Å²) in [5.41, 5.74) is 8.09. The molecule has 1 aliphatic carbocycles. The SMILES string of the molecule is COC(=O)N[C@H]1CCc2ccn3c2C1C(=O)C[C@H](c1ncc(-c2ccc(-c4ccc5cc(-c6cnc([C@@H]7CCCN7C(=O)[C@@H](NC(=O)OC)C(C)C)[nH]6)ccc5c4)cc2)[nH]1)C3. The molecular formula is C47H50N8O6. The van der Waals surface area contributed by atoms with E-state index < -0.39 is 24.1 Å². The molecule has 4 N–H and O–H groups in total. The molecule has 3 aromatic carbocycles. The average molecular weight is 823 g/mol. The van der Waals surface area contributed by atoms with E-state index in [0.29, 0.717) is 25.9 Å². The number of hydrogen-bond donors (Lipinski definition) is 4. The van der Waals surface area contributed by atoms with Crippen LogP contribution < -0.4 is 10.6 Å². The fourth-order valence-corrected chi connectivity index (χ4v) is 9.52. The highest BCUT2D eigenvalue weighted by Crippen LogP contribution is 2.40. The normalized spacial score (nSPS) is 20.3. The number of methoxy groups -OCH3 is 2. The molecule has 0 spiro atoms. The van der Waals surface area contributed by atoms with E-state index in [2.05, 4.69) is 98.1 Å². The summed E-state index contributed by atoms with van der Waals surface area (Å²) < 4.78 is 11.8. The molecule has 1 fully saturated rings. The molecule has 5 atom stereocenters. The average Bonchev–Trinajstić information content (AvgIpc) is 4.11. The lowest BCUT2D eigenvalue weighted by Gasteiger charge is -2.31. The van der Waals surface area contributed by atoms with Gasteiger partial charge in [-0.1, -0.05) is 62.4 Å². The third kappa shape index (κ3) is 7.66. The van der Waals surface area contributed by atoms with Crippen LogP contribution >= 0.6 is 0 Å². The molecule has 6 aromatic rings. The topological polar surface area (TPSA) is 176 Å². The number of imidazole rings is 2. The van der Waals surface area contributed by atoms with Gasteiger partial charge in [0.1, 0.15) is 23.5 Å². The number of likely N-dealkylation sites (tertiary alicyclic amines) is 1. The molecule has 1 saturated heterocycles. The summed E-state index contributed by atoms with van der Waals surface area (Å²) in [5, 5.41) is 7.82. The summed E-state index contributed by atoms with van der Waals surface area (Å²) in [5.74, 6) is 0.809. The molecule has 14 heteroatoms. The highest BCUT2D eigenvalue weighted by Gasteiger charge is 2.42. The summed E-state index contributed by atoms with van der Waals surface area (Å²) >= 11 is 0. The number of ether oxygens (including phenoxy) is 2. The Morgan fingerprint density at radius 3 is 2.20 bits per heavy atom. The maximum absolute atomic E-state index is 13.8. The number of aromatic nitrogens is 5. The third-order valence-corrected chi connectivity index (χ3v) is 12.7. The van der Waals surface area contributed by atoms with E-state index in [-0.39, 0.29) is 35.6 Å². The van der Waals surface area contributed by atoms with Crippen LogP contribution in [0.5, 0.6) is 0 Å². The van der Waals surface area contributed by atoms with Crippen molar-refractivity contribution in [1.29, 1.82) is 0 Å². The van der Waals surface area contributed by atoms with E-state index in [1.54, 1.807) is 0 Å². The Hall–Kier alpha value is -6.70. The van der Waals surface area contributed by atoms with Gasteiger partial charge in [-0.2, -0.15) is 0 Å². The summed E-state index contributed by atoms with van der Waals surface area (Å²) in [6.45, 7) is 5.03. The van der Waals surface area contributed by atoms with Crippen molar-refractivity contribution in [3.8, 4) is 33.6 Å². The number of fused-ring (bicyclic) bond motifs is 1. The molecule has 3 amide bonds. The van der Waals surface area contributed by atoms with Crippen molar-refractivity contribution in [2.45, 2.75) is 82.5 Å². The number of hydrogen-bond acceptors (Lipinski definition) is 8. The number of benzene rings is 3.